The minimum atomic E-state index is -0.659. The molecule has 7 heteroatoms. The van der Waals surface area contributed by atoms with Crippen molar-refractivity contribution in [3.05, 3.63) is 29.3 Å². The summed E-state index contributed by atoms with van der Waals surface area (Å²) in [7, 11) is 0. The summed E-state index contributed by atoms with van der Waals surface area (Å²) >= 11 is 1.35. The van der Waals surface area contributed by atoms with E-state index >= 15 is 0 Å². The highest BCUT2D eigenvalue weighted by molar-refractivity contribution is 8.00. The Morgan fingerprint density at radius 3 is 2.52 bits per heavy atom. The fourth-order valence-electron chi connectivity index (χ4n) is 1.75. The largest absolute Gasteiger partial charge is 0.455 e. The molecule has 0 radical (unpaired) electrons. The van der Waals surface area contributed by atoms with Gasteiger partial charge in [0.05, 0.1) is 5.75 Å². The van der Waals surface area contributed by atoms with Crippen LogP contribution in [0.1, 0.15) is 25.0 Å². The zero-order valence-corrected chi connectivity index (χ0v) is 14.6. The summed E-state index contributed by atoms with van der Waals surface area (Å²) in [6.45, 7) is 7.05. The van der Waals surface area contributed by atoms with Crippen LogP contribution in [0, 0.1) is 13.8 Å². The minimum Gasteiger partial charge on any atom is -0.455 e. The summed E-state index contributed by atoms with van der Waals surface area (Å²) < 4.78 is 4.84. The Kier molecular flexibility index (Phi) is 7.61. The molecule has 0 aromatic heterocycles. The molecular weight excluding hydrogens is 316 g/mol. The number of amides is 3. The van der Waals surface area contributed by atoms with Gasteiger partial charge < -0.3 is 10.1 Å². The van der Waals surface area contributed by atoms with E-state index in [4.69, 9.17) is 4.74 Å². The molecule has 0 saturated carbocycles. The van der Waals surface area contributed by atoms with Crippen molar-refractivity contribution in [3.63, 3.8) is 0 Å². The molecular formula is C16H22N2O4S. The third-order valence-corrected chi connectivity index (χ3v) is 3.86. The molecule has 0 aliphatic carbocycles. The highest BCUT2D eigenvalue weighted by atomic mass is 32.2. The van der Waals surface area contributed by atoms with Gasteiger partial charge in [0.15, 0.2) is 6.61 Å². The Morgan fingerprint density at radius 2 is 1.91 bits per heavy atom. The van der Waals surface area contributed by atoms with Gasteiger partial charge in [0, 0.05) is 10.9 Å². The molecule has 0 bridgehead atoms. The van der Waals surface area contributed by atoms with Gasteiger partial charge in [0.25, 0.3) is 5.91 Å². The molecule has 0 atom stereocenters. The van der Waals surface area contributed by atoms with Gasteiger partial charge in [0.2, 0.25) is 0 Å². The minimum absolute atomic E-state index is 0.0838. The van der Waals surface area contributed by atoms with Crippen molar-refractivity contribution in [3.8, 4) is 0 Å². The number of benzene rings is 1. The van der Waals surface area contributed by atoms with Crippen molar-refractivity contribution in [2.75, 3.05) is 12.4 Å². The van der Waals surface area contributed by atoms with E-state index in [-0.39, 0.29) is 11.8 Å². The predicted molar refractivity (Wildman–Crippen MR) is 89.4 cm³/mol. The summed E-state index contributed by atoms with van der Waals surface area (Å²) in [6.07, 6.45) is 0. The number of nitrogens with one attached hydrogen (secondary N) is 2. The molecule has 23 heavy (non-hydrogen) atoms. The average molecular weight is 338 g/mol. The third kappa shape index (κ3) is 7.69. The second kappa shape index (κ2) is 9.19. The van der Waals surface area contributed by atoms with Crippen LogP contribution < -0.4 is 10.6 Å². The van der Waals surface area contributed by atoms with Crippen LogP contribution in [0.25, 0.3) is 0 Å². The van der Waals surface area contributed by atoms with Gasteiger partial charge in [-0.2, -0.15) is 0 Å². The maximum atomic E-state index is 11.6. The summed E-state index contributed by atoms with van der Waals surface area (Å²) in [6, 6.07) is 5.27. The van der Waals surface area contributed by atoms with Crippen LogP contribution in [-0.2, 0) is 14.3 Å². The summed E-state index contributed by atoms with van der Waals surface area (Å²) in [5, 5.41) is 4.59. The number of hydrogen-bond donors (Lipinski definition) is 2. The molecule has 1 aromatic carbocycles. The monoisotopic (exact) mass is 338 g/mol. The summed E-state index contributed by atoms with van der Waals surface area (Å²) in [5.74, 6) is -1.06. The zero-order chi connectivity index (χ0) is 17.4. The number of thioether (sulfide) groups is 1. The molecule has 2 N–H and O–H groups in total. The van der Waals surface area contributed by atoms with Crippen molar-refractivity contribution in [1.29, 1.82) is 0 Å². The van der Waals surface area contributed by atoms with E-state index in [9.17, 15) is 14.4 Å². The van der Waals surface area contributed by atoms with Crippen LogP contribution in [0.5, 0.6) is 0 Å². The van der Waals surface area contributed by atoms with Gasteiger partial charge in [-0.25, -0.2) is 4.79 Å². The molecule has 0 fully saturated rings. The number of carbonyl (C=O) groups excluding carboxylic acids is 3. The molecule has 3 amide bonds. The van der Waals surface area contributed by atoms with Gasteiger partial charge in [-0.1, -0.05) is 17.7 Å². The molecule has 0 saturated heterocycles. The number of urea groups is 1. The number of imide groups is 1. The molecule has 0 aliphatic rings. The Labute approximate surface area is 140 Å². The lowest BCUT2D eigenvalue weighted by Gasteiger charge is -2.09. The zero-order valence-electron chi connectivity index (χ0n) is 13.8. The SMILES string of the molecule is Cc1ccc(SCC(=O)OCC(=O)NC(=O)NC(C)C)c(C)c1. The number of aryl methyl sites for hydroxylation is 2. The van der Waals surface area contributed by atoms with Crippen LogP contribution >= 0.6 is 11.8 Å². The van der Waals surface area contributed by atoms with E-state index in [1.807, 2.05) is 32.0 Å². The molecule has 0 aliphatic heterocycles. The lowest BCUT2D eigenvalue weighted by molar-refractivity contribution is -0.145. The first-order valence-corrected chi connectivity index (χ1v) is 8.22. The highest BCUT2D eigenvalue weighted by Crippen LogP contribution is 2.23. The molecule has 0 unspecified atom stereocenters. The van der Waals surface area contributed by atoms with Gasteiger partial charge in [0.1, 0.15) is 0 Å². The standard InChI is InChI=1S/C16H22N2O4S/c1-10(2)17-16(21)18-14(19)8-22-15(20)9-23-13-6-5-11(3)7-12(13)4/h5-7,10H,8-9H2,1-4H3,(H2,17,18,19,21). The fraction of sp³-hybridized carbons (Fsp3) is 0.438. The lowest BCUT2D eigenvalue weighted by atomic mass is 10.2. The van der Waals surface area contributed by atoms with Gasteiger partial charge in [-0.3, -0.25) is 14.9 Å². The van der Waals surface area contributed by atoms with Crippen LogP contribution in [-0.4, -0.2) is 36.3 Å². The van der Waals surface area contributed by atoms with E-state index in [0.29, 0.717) is 0 Å². The average Bonchev–Trinajstić information content (AvgIpc) is 2.43. The van der Waals surface area contributed by atoms with Crippen molar-refractivity contribution >= 4 is 29.7 Å². The van der Waals surface area contributed by atoms with Crippen LogP contribution in [0.2, 0.25) is 0 Å². The Morgan fingerprint density at radius 1 is 1.22 bits per heavy atom. The van der Waals surface area contributed by atoms with Gasteiger partial charge in [-0.05, 0) is 39.3 Å². The molecule has 1 aromatic rings. The van der Waals surface area contributed by atoms with Crippen LogP contribution in [0.15, 0.2) is 23.1 Å². The number of carbonyl (C=O) groups is 3. The normalized spacial score (nSPS) is 10.3. The van der Waals surface area contributed by atoms with Crippen molar-refractivity contribution in [2.45, 2.75) is 38.6 Å². The molecule has 0 spiro atoms. The first kappa shape index (κ1) is 19.0. The fourth-order valence-corrected chi connectivity index (χ4v) is 2.55. The first-order valence-electron chi connectivity index (χ1n) is 7.24. The van der Waals surface area contributed by atoms with Crippen molar-refractivity contribution in [2.24, 2.45) is 0 Å². The van der Waals surface area contributed by atoms with E-state index in [2.05, 4.69) is 10.6 Å². The number of esters is 1. The lowest BCUT2D eigenvalue weighted by Crippen LogP contribution is -2.44. The van der Waals surface area contributed by atoms with Crippen LogP contribution in [0.4, 0.5) is 4.79 Å². The van der Waals surface area contributed by atoms with Crippen LogP contribution in [0.3, 0.4) is 0 Å². The molecule has 0 heterocycles. The van der Waals surface area contributed by atoms with Crippen molar-refractivity contribution < 1.29 is 19.1 Å². The quantitative estimate of drug-likeness (QED) is 0.613. The topological polar surface area (TPSA) is 84.5 Å². The van der Waals surface area contributed by atoms with E-state index in [0.717, 1.165) is 16.0 Å². The van der Waals surface area contributed by atoms with Crippen molar-refractivity contribution in [1.82, 2.24) is 10.6 Å². The number of rotatable bonds is 6. The Balaban J connectivity index is 2.31. The summed E-state index contributed by atoms with van der Waals surface area (Å²) in [4.78, 5) is 35.4. The molecule has 126 valence electrons. The van der Waals surface area contributed by atoms with E-state index in [1.54, 1.807) is 13.8 Å². The highest BCUT2D eigenvalue weighted by Gasteiger charge is 2.12. The number of ether oxygens (including phenoxy) is 1. The smallest absolute Gasteiger partial charge is 0.321 e. The molecule has 1 rings (SSSR count). The Hall–Kier alpha value is -2.02. The van der Waals surface area contributed by atoms with E-state index < -0.39 is 24.5 Å². The first-order chi connectivity index (χ1) is 10.8. The van der Waals surface area contributed by atoms with E-state index in [1.165, 1.54) is 11.8 Å². The molecule has 6 nitrogen and oxygen atoms in total. The third-order valence-electron chi connectivity index (χ3n) is 2.71. The van der Waals surface area contributed by atoms with Gasteiger partial charge >= 0.3 is 12.0 Å². The maximum Gasteiger partial charge on any atom is 0.321 e. The maximum absolute atomic E-state index is 11.6. The second-order valence-electron chi connectivity index (χ2n) is 5.39. The number of hydrogen-bond acceptors (Lipinski definition) is 5. The van der Waals surface area contributed by atoms with Gasteiger partial charge in [-0.15, -0.1) is 11.8 Å². The second-order valence-corrected chi connectivity index (χ2v) is 6.41. The predicted octanol–water partition coefficient (Wildman–Crippen LogP) is 2.17. The Bertz CT molecular complexity index is 587. The summed E-state index contributed by atoms with van der Waals surface area (Å²) in [5.41, 5.74) is 2.25.